The number of ether oxygens (including phenoxy) is 1. The van der Waals surface area contributed by atoms with E-state index in [1.165, 1.54) is 24.0 Å². The molecular formula is C21H21N5O4S. The molecule has 0 spiro atoms. The molecule has 0 atom stereocenters. The van der Waals surface area contributed by atoms with Crippen LogP contribution in [0.15, 0.2) is 58.8 Å². The Labute approximate surface area is 183 Å². The number of aromatic nitrogens is 3. The third-order valence-corrected chi connectivity index (χ3v) is 5.26. The smallest absolute Gasteiger partial charge is 0.336 e. The second-order valence-corrected chi connectivity index (χ2v) is 7.20. The van der Waals surface area contributed by atoms with Crippen LogP contribution in [0.5, 0.6) is 5.75 Å². The molecule has 0 radical (unpaired) electrons. The highest BCUT2D eigenvalue weighted by Crippen LogP contribution is 2.25. The molecule has 1 heterocycles. The van der Waals surface area contributed by atoms with Crippen LogP contribution in [0.2, 0.25) is 0 Å². The summed E-state index contributed by atoms with van der Waals surface area (Å²) >= 11 is 1.24. The van der Waals surface area contributed by atoms with Crippen molar-refractivity contribution in [2.75, 3.05) is 12.9 Å². The summed E-state index contributed by atoms with van der Waals surface area (Å²) in [5, 5.41) is 22.1. The topological polar surface area (TPSA) is 119 Å². The number of rotatable bonds is 9. The van der Waals surface area contributed by atoms with Gasteiger partial charge in [0.05, 0.1) is 24.6 Å². The largest absolute Gasteiger partial charge is 0.497 e. The molecule has 1 amide bonds. The van der Waals surface area contributed by atoms with E-state index in [4.69, 9.17) is 4.74 Å². The maximum atomic E-state index is 12.1. The lowest BCUT2D eigenvalue weighted by atomic mass is 10.1. The number of thioether (sulfide) groups is 1. The number of hydrogen-bond acceptors (Lipinski definition) is 7. The van der Waals surface area contributed by atoms with Crippen LogP contribution in [0.1, 0.15) is 22.8 Å². The van der Waals surface area contributed by atoms with E-state index in [1.54, 1.807) is 25.3 Å². The number of hydrazone groups is 1. The summed E-state index contributed by atoms with van der Waals surface area (Å²) in [6, 6.07) is 13.9. The van der Waals surface area contributed by atoms with Gasteiger partial charge in [0, 0.05) is 17.7 Å². The fourth-order valence-electron chi connectivity index (χ4n) is 2.77. The van der Waals surface area contributed by atoms with Crippen LogP contribution in [0.4, 0.5) is 0 Å². The Morgan fingerprint density at radius 1 is 1.19 bits per heavy atom. The van der Waals surface area contributed by atoms with E-state index >= 15 is 0 Å². The van der Waals surface area contributed by atoms with Gasteiger partial charge in [0.25, 0.3) is 5.91 Å². The van der Waals surface area contributed by atoms with Crippen molar-refractivity contribution in [2.24, 2.45) is 5.10 Å². The molecule has 31 heavy (non-hydrogen) atoms. The first-order valence-corrected chi connectivity index (χ1v) is 10.4. The third-order valence-electron chi connectivity index (χ3n) is 4.30. The molecule has 0 aliphatic carbocycles. The third kappa shape index (κ3) is 5.48. The van der Waals surface area contributed by atoms with E-state index in [9.17, 15) is 14.7 Å². The minimum Gasteiger partial charge on any atom is -0.497 e. The van der Waals surface area contributed by atoms with E-state index in [1.807, 2.05) is 35.8 Å². The Morgan fingerprint density at radius 3 is 2.61 bits per heavy atom. The zero-order valence-corrected chi connectivity index (χ0v) is 17.8. The van der Waals surface area contributed by atoms with E-state index in [-0.39, 0.29) is 17.2 Å². The molecule has 0 aliphatic heterocycles. The van der Waals surface area contributed by atoms with Crippen molar-refractivity contribution in [1.82, 2.24) is 20.2 Å². The van der Waals surface area contributed by atoms with E-state index in [0.717, 1.165) is 11.3 Å². The number of carbonyl (C=O) groups excluding carboxylic acids is 1. The molecule has 0 unspecified atom stereocenters. The fraction of sp³-hybridized carbons (Fsp3) is 0.190. The molecule has 9 nitrogen and oxygen atoms in total. The number of carboxylic acid groups (broad SMARTS) is 1. The minimum atomic E-state index is -1.06. The molecular weight excluding hydrogens is 418 g/mol. The molecule has 0 aliphatic rings. The van der Waals surface area contributed by atoms with Crippen molar-refractivity contribution in [3.8, 4) is 17.1 Å². The molecule has 2 aromatic carbocycles. The zero-order chi connectivity index (χ0) is 22.2. The highest BCUT2D eigenvalue weighted by molar-refractivity contribution is 7.99. The number of aromatic carboxylic acids is 1. The van der Waals surface area contributed by atoms with E-state index in [2.05, 4.69) is 20.7 Å². The zero-order valence-electron chi connectivity index (χ0n) is 17.0. The highest BCUT2D eigenvalue weighted by atomic mass is 32.2. The SMILES string of the molecule is CCn1c(SCC(=O)N/N=C\c2ccccc2C(=O)O)nnc1-c1ccc(OC)cc1. The van der Waals surface area contributed by atoms with Gasteiger partial charge in [0.2, 0.25) is 0 Å². The van der Waals surface area contributed by atoms with Crippen LogP contribution in [0, 0.1) is 0 Å². The van der Waals surface area contributed by atoms with Crippen LogP contribution in [0.3, 0.4) is 0 Å². The molecule has 160 valence electrons. The number of nitrogens with zero attached hydrogens (tertiary/aromatic N) is 4. The van der Waals surface area contributed by atoms with Crippen molar-refractivity contribution in [3.63, 3.8) is 0 Å². The molecule has 10 heteroatoms. The predicted octanol–water partition coefficient (Wildman–Crippen LogP) is 2.91. The second-order valence-electron chi connectivity index (χ2n) is 6.25. The van der Waals surface area contributed by atoms with Crippen LogP contribution >= 0.6 is 11.8 Å². The summed E-state index contributed by atoms with van der Waals surface area (Å²) in [7, 11) is 1.61. The van der Waals surface area contributed by atoms with Gasteiger partial charge in [-0.3, -0.25) is 4.79 Å². The number of methoxy groups -OCH3 is 1. The first-order chi connectivity index (χ1) is 15.0. The molecule has 2 N–H and O–H groups in total. The lowest BCUT2D eigenvalue weighted by Gasteiger charge is -2.07. The van der Waals surface area contributed by atoms with Gasteiger partial charge in [-0.2, -0.15) is 5.10 Å². The monoisotopic (exact) mass is 439 g/mol. The minimum absolute atomic E-state index is 0.0820. The lowest BCUT2D eigenvalue weighted by Crippen LogP contribution is -2.20. The van der Waals surface area contributed by atoms with Crippen molar-refractivity contribution < 1.29 is 19.4 Å². The van der Waals surface area contributed by atoms with Gasteiger partial charge in [-0.25, -0.2) is 10.2 Å². The molecule has 3 rings (SSSR count). The molecule has 0 fully saturated rings. The highest BCUT2D eigenvalue weighted by Gasteiger charge is 2.14. The number of benzene rings is 2. The van der Waals surface area contributed by atoms with Crippen molar-refractivity contribution in [3.05, 3.63) is 59.7 Å². The maximum Gasteiger partial charge on any atom is 0.336 e. The maximum absolute atomic E-state index is 12.1. The first kappa shape index (κ1) is 22.0. The number of carboxylic acids is 1. The number of amides is 1. The number of nitrogens with one attached hydrogen (secondary N) is 1. The molecule has 1 aromatic heterocycles. The quantitative estimate of drug-likeness (QED) is 0.299. The summed E-state index contributed by atoms with van der Waals surface area (Å²) < 4.78 is 7.10. The summed E-state index contributed by atoms with van der Waals surface area (Å²) in [4.78, 5) is 23.3. The van der Waals surface area contributed by atoms with Gasteiger partial charge >= 0.3 is 5.97 Å². The van der Waals surface area contributed by atoms with Crippen LogP contribution < -0.4 is 10.2 Å². The summed E-state index contributed by atoms with van der Waals surface area (Å²) in [5.41, 5.74) is 3.81. The van der Waals surface area contributed by atoms with E-state index < -0.39 is 5.97 Å². The number of carbonyl (C=O) groups is 2. The van der Waals surface area contributed by atoms with Gasteiger partial charge in [-0.15, -0.1) is 10.2 Å². The second kappa shape index (κ2) is 10.4. The normalized spacial score (nSPS) is 10.9. The summed E-state index contributed by atoms with van der Waals surface area (Å²) in [5.74, 6) is 0.139. The van der Waals surface area contributed by atoms with Crippen molar-refractivity contribution >= 4 is 29.9 Å². The van der Waals surface area contributed by atoms with Gasteiger partial charge in [-0.1, -0.05) is 30.0 Å². The first-order valence-electron chi connectivity index (χ1n) is 9.38. The molecule has 0 bridgehead atoms. The molecule has 0 saturated heterocycles. The average molecular weight is 439 g/mol. The van der Waals surface area contributed by atoms with Crippen LogP contribution in [0.25, 0.3) is 11.4 Å². The van der Waals surface area contributed by atoms with Crippen LogP contribution in [-0.2, 0) is 11.3 Å². The Bertz CT molecular complexity index is 1100. The van der Waals surface area contributed by atoms with E-state index in [0.29, 0.717) is 23.1 Å². The van der Waals surface area contributed by atoms with Crippen LogP contribution in [-0.4, -0.2) is 50.8 Å². The van der Waals surface area contributed by atoms with Gasteiger partial charge < -0.3 is 14.4 Å². The van der Waals surface area contributed by atoms with Crippen molar-refractivity contribution in [1.29, 1.82) is 0 Å². The molecule has 3 aromatic rings. The Balaban J connectivity index is 1.61. The standard InChI is InChI=1S/C21H21N5O4S/c1-3-26-19(14-8-10-16(30-2)11-9-14)24-25-21(26)31-13-18(27)23-22-12-15-6-4-5-7-17(15)20(28)29/h4-12H,3,13H2,1-2H3,(H,23,27)(H,28,29)/b22-12-. The van der Waals surface area contributed by atoms with Gasteiger partial charge in [0.15, 0.2) is 11.0 Å². The summed E-state index contributed by atoms with van der Waals surface area (Å²) in [6.07, 6.45) is 1.31. The molecule has 0 saturated carbocycles. The van der Waals surface area contributed by atoms with Crippen molar-refractivity contribution in [2.45, 2.75) is 18.6 Å². The van der Waals surface area contributed by atoms with Gasteiger partial charge in [-0.05, 0) is 37.3 Å². The average Bonchev–Trinajstić information content (AvgIpc) is 3.21. The Morgan fingerprint density at radius 2 is 1.94 bits per heavy atom. The number of hydrogen-bond donors (Lipinski definition) is 2. The fourth-order valence-corrected chi connectivity index (χ4v) is 3.57. The van der Waals surface area contributed by atoms with Gasteiger partial charge in [0.1, 0.15) is 5.75 Å². The predicted molar refractivity (Wildman–Crippen MR) is 118 cm³/mol. The Kier molecular flexibility index (Phi) is 7.39. The Hall–Kier alpha value is -3.66. The summed E-state index contributed by atoms with van der Waals surface area (Å²) in [6.45, 7) is 2.62. The lowest BCUT2D eigenvalue weighted by molar-refractivity contribution is -0.118.